The second-order valence-electron chi connectivity index (χ2n) is 8.70. The van der Waals surface area contributed by atoms with E-state index < -0.39 is 10.0 Å². The molecule has 1 amide bonds. The van der Waals surface area contributed by atoms with Gasteiger partial charge in [0, 0.05) is 30.6 Å². The molecule has 1 saturated heterocycles. The number of aromatic nitrogens is 2. The highest BCUT2D eigenvalue weighted by molar-refractivity contribution is 7.89. The largest absolute Gasteiger partial charge is 0.311 e. The van der Waals surface area contributed by atoms with Gasteiger partial charge in [0.15, 0.2) is 5.78 Å². The number of Topliss-reactive ketones (excluding diaryl/α,β-unsaturated/α-hetero) is 1. The van der Waals surface area contributed by atoms with E-state index in [0.717, 1.165) is 18.7 Å². The molecule has 2 aliphatic rings. The predicted octanol–water partition coefficient (Wildman–Crippen LogP) is 3.63. The molecule has 0 unspecified atom stereocenters. The number of carbonyl (C=O) groups excluding carboxylic acids is 2. The average molecular weight is 459 g/mol. The SMILES string of the molecule is CC(=O)c1cccc(S(=O)(=O)N2CCC(C(=O)Nc3ccnn3C3CCCCC3)CC2)c1. The van der Waals surface area contributed by atoms with E-state index in [1.54, 1.807) is 18.3 Å². The maximum atomic E-state index is 13.0. The number of anilines is 1. The number of hydrogen-bond donors (Lipinski definition) is 1. The predicted molar refractivity (Wildman–Crippen MR) is 121 cm³/mol. The third-order valence-electron chi connectivity index (χ3n) is 6.55. The number of hydrogen-bond acceptors (Lipinski definition) is 5. The number of ketones is 1. The Kier molecular flexibility index (Phi) is 6.76. The number of nitrogens with one attached hydrogen (secondary N) is 1. The minimum Gasteiger partial charge on any atom is -0.311 e. The quantitative estimate of drug-likeness (QED) is 0.666. The number of benzene rings is 1. The van der Waals surface area contributed by atoms with Crippen molar-refractivity contribution < 1.29 is 18.0 Å². The summed E-state index contributed by atoms with van der Waals surface area (Å²) in [5, 5.41) is 7.44. The molecule has 1 aliphatic carbocycles. The summed E-state index contributed by atoms with van der Waals surface area (Å²) in [4.78, 5) is 24.6. The lowest BCUT2D eigenvalue weighted by Crippen LogP contribution is -2.41. The summed E-state index contributed by atoms with van der Waals surface area (Å²) in [6.45, 7) is 1.95. The molecule has 0 atom stereocenters. The molecule has 1 aliphatic heterocycles. The minimum absolute atomic E-state index is 0.0850. The smallest absolute Gasteiger partial charge is 0.243 e. The maximum Gasteiger partial charge on any atom is 0.243 e. The van der Waals surface area contributed by atoms with Gasteiger partial charge >= 0.3 is 0 Å². The number of carbonyl (C=O) groups is 2. The van der Waals surface area contributed by atoms with Gasteiger partial charge in [-0.05, 0) is 44.7 Å². The van der Waals surface area contributed by atoms with Gasteiger partial charge in [-0.15, -0.1) is 0 Å². The molecule has 32 heavy (non-hydrogen) atoms. The maximum absolute atomic E-state index is 13.0. The normalized spacial score (nSPS) is 19.0. The summed E-state index contributed by atoms with van der Waals surface area (Å²) in [6.07, 6.45) is 8.39. The Balaban J connectivity index is 1.38. The van der Waals surface area contributed by atoms with Crippen LogP contribution in [0.1, 0.15) is 68.3 Å². The van der Waals surface area contributed by atoms with E-state index in [4.69, 9.17) is 0 Å². The molecule has 1 saturated carbocycles. The summed E-state index contributed by atoms with van der Waals surface area (Å²) >= 11 is 0. The zero-order valence-corrected chi connectivity index (χ0v) is 19.2. The van der Waals surface area contributed by atoms with Crippen molar-refractivity contribution in [1.82, 2.24) is 14.1 Å². The zero-order valence-electron chi connectivity index (χ0n) is 18.4. The standard InChI is InChI=1S/C23H30N4O4S/c1-17(28)19-6-5-9-21(16-19)32(30,31)26-14-11-18(12-15-26)23(29)25-22-10-13-24-27(22)20-7-3-2-4-8-20/h5-6,9-10,13,16,18,20H,2-4,7-8,11-12,14-15H2,1H3,(H,25,29). The van der Waals surface area contributed by atoms with Crippen LogP contribution in [-0.2, 0) is 14.8 Å². The summed E-state index contributed by atoms with van der Waals surface area (Å²) < 4.78 is 29.4. The molecule has 0 spiro atoms. The van der Waals surface area contributed by atoms with Crippen molar-refractivity contribution in [3.05, 3.63) is 42.1 Å². The van der Waals surface area contributed by atoms with Gasteiger partial charge in [0.05, 0.1) is 17.1 Å². The van der Waals surface area contributed by atoms with Crippen LogP contribution in [0.25, 0.3) is 0 Å². The molecule has 2 heterocycles. The molecule has 1 aromatic heterocycles. The van der Waals surface area contributed by atoms with Gasteiger partial charge in [0.25, 0.3) is 0 Å². The van der Waals surface area contributed by atoms with Crippen molar-refractivity contribution >= 4 is 27.5 Å². The number of nitrogens with zero attached hydrogens (tertiary/aromatic N) is 3. The van der Waals surface area contributed by atoms with Crippen molar-refractivity contribution in [1.29, 1.82) is 0 Å². The van der Waals surface area contributed by atoms with E-state index in [1.165, 1.54) is 42.6 Å². The highest BCUT2D eigenvalue weighted by atomic mass is 32.2. The van der Waals surface area contributed by atoms with Gasteiger partial charge in [0.1, 0.15) is 5.82 Å². The van der Waals surface area contributed by atoms with Gasteiger partial charge in [0.2, 0.25) is 15.9 Å². The van der Waals surface area contributed by atoms with Crippen LogP contribution in [0.15, 0.2) is 41.4 Å². The first-order chi connectivity index (χ1) is 15.4. The lowest BCUT2D eigenvalue weighted by atomic mass is 9.95. The zero-order chi connectivity index (χ0) is 22.7. The van der Waals surface area contributed by atoms with Crippen molar-refractivity contribution in [3.63, 3.8) is 0 Å². The molecule has 2 fully saturated rings. The first-order valence-corrected chi connectivity index (χ1v) is 12.8. The first kappa shape index (κ1) is 22.7. The molecular formula is C23H30N4O4S. The average Bonchev–Trinajstić information content (AvgIpc) is 3.28. The lowest BCUT2D eigenvalue weighted by Gasteiger charge is -2.31. The van der Waals surface area contributed by atoms with Crippen molar-refractivity contribution in [2.45, 2.75) is 62.8 Å². The van der Waals surface area contributed by atoms with Crippen LogP contribution >= 0.6 is 0 Å². The van der Waals surface area contributed by atoms with Crippen molar-refractivity contribution in [3.8, 4) is 0 Å². The molecule has 2 aromatic rings. The number of sulfonamides is 1. The topological polar surface area (TPSA) is 101 Å². The van der Waals surface area contributed by atoms with Crippen LogP contribution < -0.4 is 5.32 Å². The van der Waals surface area contributed by atoms with E-state index in [9.17, 15) is 18.0 Å². The Morgan fingerprint density at radius 1 is 1.03 bits per heavy atom. The molecule has 9 heteroatoms. The van der Waals surface area contributed by atoms with E-state index in [2.05, 4.69) is 10.4 Å². The van der Waals surface area contributed by atoms with Crippen LogP contribution in [0.3, 0.4) is 0 Å². The Morgan fingerprint density at radius 2 is 1.75 bits per heavy atom. The summed E-state index contributed by atoms with van der Waals surface area (Å²) in [6, 6.07) is 8.27. The molecular weight excluding hydrogens is 428 g/mol. The molecule has 0 radical (unpaired) electrons. The molecule has 1 N–H and O–H groups in total. The third kappa shape index (κ3) is 4.78. The van der Waals surface area contributed by atoms with Gasteiger partial charge in [-0.3, -0.25) is 9.59 Å². The highest BCUT2D eigenvalue weighted by Gasteiger charge is 2.33. The summed E-state index contributed by atoms with van der Waals surface area (Å²) in [5.41, 5.74) is 0.370. The van der Waals surface area contributed by atoms with Crippen LogP contribution in [0, 0.1) is 5.92 Å². The number of amides is 1. The molecule has 172 valence electrons. The fourth-order valence-corrected chi connectivity index (χ4v) is 6.16. The fraction of sp³-hybridized carbons (Fsp3) is 0.522. The number of piperidine rings is 1. The van der Waals surface area contributed by atoms with E-state index in [1.807, 2.05) is 10.7 Å². The van der Waals surface area contributed by atoms with Gasteiger partial charge in [-0.2, -0.15) is 9.40 Å². The van der Waals surface area contributed by atoms with E-state index in [0.29, 0.717) is 24.4 Å². The molecule has 8 nitrogen and oxygen atoms in total. The fourth-order valence-electron chi connectivity index (χ4n) is 4.64. The Bertz CT molecular complexity index is 1080. The third-order valence-corrected chi connectivity index (χ3v) is 8.44. The molecule has 0 bridgehead atoms. The van der Waals surface area contributed by atoms with Gasteiger partial charge in [-0.1, -0.05) is 31.4 Å². The summed E-state index contributed by atoms with van der Waals surface area (Å²) in [7, 11) is -3.70. The molecule has 1 aromatic carbocycles. The van der Waals surface area contributed by atoms with Crippen LogP contribution in [0.5, 0.6) is 0 Å². The van der Waals surface area contributed by atoms with Crippen LogP contribution in [0.2, 0.25) is 0 Å². The Morgan fingerprint density at radius 3 is 2.44 bits per heavy atom. The first-order valence-electron chi connectivity index (χ1n) is 11.3. The van der Waals surface area contributed by atoms with Gasteiger partial charge < -0.3 is 5.32 Å². The van der Waals surface area contributed by atoms with Gasteiger partial charge in [-0.25, -0.2) is 13.1 Å². The number of rotatable bonds is 6. The van der Waals surface area contributed by atoms with Crippen molar-refractivity contribution in [2.24, 2.45) is 5.92 Å². The van der Waals surface area contributed by atoms with Crippen molar-refractivity contribution in [2.75, 3.05) is 18.4 Å². The minimum atomic E-state index is -3.70. The van der Waals surface area contributed by atoms with E-state index in [-0.39, 0.29) is 35.6 Å². The van der Waals surface area contributed by atoms with E-state index >= 15 is 0 Å². The Labute approximate surface area is 189 Å². The monoisotopic (exact) mass is 458 g/mol. The van der Waals surface area contributed by atoms with Crippen LogP contribution in [0.4, 0.5) is 5.82 Å². The highest BCUT2D eigenvalue weighted by Crippen LogP contribution is 2.31. The Hall–Kier alpha value is -2.52. The second-order valence-corrected chi connectivity index (χ2v) is 10.6. The molecule has 4 rings (SSSR count). The lowest BCUT2D eigenvalue weighted by molar-refractivity contribution is -0.121. The second kappa shape index (κ2) is 9.54. The van der Waals surface area contributed by atoms with Crippen LogP contribution in [-0.4, -0.2) is 47.3 Å². The summed E-state index contributed by atoms with van der Waals surface area (Å²) in [5.74, 6) is 0.209.